The summed E-state index contributed by atoms with van der Waals surface area (Å²) in [7, 11) is 0. The lowest BCUT2D eigenvalue weighted by molar-refractivity contribution is 0.666. The molecule has 2 heterocycles. The standard InChI is InChI=1S/C15H8INO/c16-13-9-5-1-3-7-11(9)17-14-10-6-2-4-8-12(10)18-15(13)14/h1-8H. The highest BCUT2D eigenvalue weighted by atomic mass is 127. The Bertz CT molecular complexity index is 895. The van der Waals surface area contributed by atoms with Crippen LogP contribution >= 0.6 is 22.6 Å². The molecule has 18 heavy (non-hydrogen) atoms. The number of halogens is 1. The van der Waals surface area contributed by atoms with Crippen molar-refractivity contribution in [2.24, 2.45) is 0 Å². The maximum atomic E-state index is 5.92. The van der Waals surface area contributed by atoms with Gasteiger partial charge in [-0.25, -0.2) is 4.98 Å². The molecule has 3 heteroatoms. The fraction of sp³-hybridized carbons (Fsp3) is 0. The van der Waals surface area contributed by atoms with E-state index in [1.807, 2.05) is 36.4 Å². The smallest absolute Gasteiger partial charge is 0.167 e. The predicted molar refractivity (Wildman–Crippen MR) is 81.7 cm³/mol. The van der Waals surface area contributed by atoms with Crippen LogP contribution in [0.1, 0.15) is 0 Å². The minimum absolute atomic E-state index is 0.885. The molecule has 0 fully saturated rings. The molecule has 0 amide bonds. The van der Waals surface area contributed by atoms with Gasteiger partial charge in [0.15, 0.2) is 5.58 Å². The van der Waals surface area contributed by atoms with Crippen LogP contribution in [0.5, 0.6) is 0 Å². The van der Waals surface area contributed by atoms with Crippen molar-refractivity contribution in [1.29, 1.82) is 0 Å². The summed E-state index contributed by atoms with van der Waals surface area (Å²) in [4.78, 5) is 4.73. The molecule has 4 rings (SSSR count). The maximum absolute atomic E-state index is 5.92. The van der Waals surface area contributed by atoms with Crippen LogP contribution in [0.25, 0.3) is 33.0 Å². The molecule has 0 aliphatic carbocycles. The van der Waals surface area contributed by atoms with Crippen molar-refractivity contribution < 1.29 is 4.42 Å². The van der Waals surface area contributed by atoms with E-state index in [4.69, 9.17) is 9.40 Å². The molecule has 0 aliphatic rings. The maximum Gasteiger partial charge on any atom is 0.167 e. The average Bonchev–Trinajstić information content (AvgIpc) is 2.79. The topological polar surface area (TPSA) is 26.0 Å². The second kappa shape index (κ2) is 3.68. The van der Waals surface area contributed by atoms with Gasteiger partial charge in [-0.15, -0.1) is 0 Å². The lowest BCUT2D eigenvalue weighted by Crippen LogP contribution is -1.83. The van der Waals surface area contributed by atoms with Crippen molar-refractivity contribution in [3.8, 4) is 0 Å². The molecule has 0 saturated carbocycles. The quantitative estimate of drug-likeness (QED) is 0.430. The molecule has 0 bridgehead atoms. The van der Waals surface area contributed by atoms with Gasteiger partial charge < -0.3 is 4.42 Å². The summed E-state index contributed by atoms with van der Waals surface area (Å²) in [5, 5.41) is 2.22. The van der Waals surface area contributed by atoms with Gasteiger partial charge in [0.1, 0.15) is 11.1 Å². The minimum Gasteiger partial charge on any atom is -0.453 e. The molecular formula is C15H8INO. The van der Waals surface area contributed by atoms with Crippen molar-refractivity contribution in [2.75, 3.05) is 0 Å². The summed E-state index contributed by atoms with van der Waals surface area (Å²) in [6.07, 6.45) is 0. The van der Waals surface area contributed by atoms with E-state index in [-0.39, 0.29) is 0 Å². The summed E-state index contributed by atoms with van der Waals surface area (Å²) in [6.45, 7) is 0. The third-order valence-electron chi connectivity index (χ3n) is 3.14. The summed E-state index contributed by atoms with van der Waals surface area (Å²) in [5.41, 5.74) is 3.75. The molecule has 0 saturated heterocycles. The van der Waals surface area contributed by atoms with Gasteiger partial charge in [0.25, 0.3) is 0 Å². The average molecular weight is 345 g/mol. The van der Waals surface area contributed by atoms with Gasteiger partial charge >= 0.3 is 0 Å². The van der Waals surface area contributed by atoms with Gasteiger partial charge in [0.05, 0.1) is 9.09 Å². The van der Waals surface area contributed by atoms with Crippen LogP contribution in [-0.2, 0) is 0 Å². The van der Waals surface area contributed by atoms with E-state index in [0.717, 1.165) is 36.5 Å². The highest BCUT2D eigenvalue weighted by molar-refractivity contribution is 14.1. The monoisotopic (exact) mass is 345 g/mol. The Kier molecular flexibility index (Phi) is 2.11. The second-order valence-electron chi connectivity index (χ2n) is 4.22. The second-order valence-corrected chi connectivity index (χ2v) is 5.30. The molecule has 0 unspecified atom stereocenters. The number of aromatic nitrogens is 1. The number of pyridine rings is 1. The van der Waals surface area contributed by atoms with Gasteiger partial charge in [-0.3, -0.25) is 0 Å². The summed E-state index contributed by atoms with van der Waals surface area (Å²) >= 11 is 2.34. The first-order valence-corrected chi connectivity index (χ1v) is 6.78. The van der Waals surface area contributed by atoms with Crippen molar-refractivity contribution in [2.45, 2.75) is 0 Å². The normalized spacial score (nSPS) is 11.6. The number of benzene rings is 2. The van der Waals surface area contributed by atoms with Gasteiger partial charge in [-0.05, 0) is 40.8 Å². The Morgan fingerprint density at radius 1 is 0.889 bits per heavy atom. The summed E-state index contributed by atoms with van der Waals surface area (Å²) in [6, 6.07) is 16.2. The first kappa shape index (κ1) is 10.3. The number of nitrogens with zero attached hydrogens (tertiary/aromatic N) is 1. The molecule has 0 spiro atoms. The van der Waals surface area contributed by atoms with Crippen molar-refractivity contribution >= 4 is 55.6 Å². The van der Waals surface area contributed by atoms with E-state index in [1.54, 1.807) is 0 Å². The molecule has 2 aromatic carbocycles. The Balaban J connectivity index is 2.33. The Hall–Kier alpha value is -1.62. The highest BCUT2D eigenvalue weighted by Gasteiger charge is 2.13. The highest BCUT2D eigenvalue weighted by Crippen LogP contribution is 2.33. The van der Waals surface area contributed by atoms with Crippen LogP contribution in [0.4, 0.5) is 0 Å². The molecule has 2 aromatic heterocycles. The van der Waals surface area contributed by atoms with Crippen LogP contribution in [0.2, 0.25) is 0 Å². The van der Waals surface area contributed by atoms with E-state index >= 15 is 0 Å². The molecule has 0 radical (unpaired) electrons. The van der Waals surface area contributed by atoms with E-state index in [2.05, 4.69) is 34.7 Å². The zero-order valence-corrected chi connectivity index (χ0v) is 11.5. The fourth-order valence-electron chi connectivity index (χ4n) is 2.29. The SMILES string of the molecule is Ic1c2ccccc2nc2c1oc1ccccc12. The fourth-order valence-corrected chi connectivity index (χ4v) is 3.11. The Labute approximate surface area is 117 Å². The molecule has 4 aromatic rings. The lowest BCUT2D eigenvalue weighted by Gasteiger charge is -2.00. The lowest BCUT2D eigenvalue weighted by atomic mass is 10.2. The summed E-state index contributed by atoms with van der Waals surface area (Å²) in [5.74, 6) is 0. The third kappa shape index (κ3) is 1.31. The number of rotatable bonds is 0. The van der Waals surface area contributed by atoms with Crippen molar-refractivity contribution in [3.63, 3.8) is 0 Å². The van der Waals surface area contributed by atoms with Crippen molar-refractivity contribution in [3.05, 3.63) is 52.1 Å². The van der Waals surface area contributed by atoms with Gasteiger partial charge in [-0.1, -0.05) is 30.3 Å². The minimum atomic E-state index is 0.885. The number of furan rings is 1. The molecule has 86 valence electrons. The van der Waals surface area contributed by atoms with E-state index < -0.39 is 0 Å². The van der Waals surface area contributed by atoms with Crippen LogP contribution < -0.4 is 0 Å². The molecule has 2 nitrogen and oxygen atoms in total. The van der Waals surface area contributed by atoms with Crippen LogP contribution in [0, 0.1) is 3.57 Å². The first-order chi connectivity index (χ1) is 8.84. The predicted octanol–water partition coefficient (Wildman–Crippen LogP) is 4.74. The zero-order valence-electron chi connectivity index (χ0n) is 9.35. The largest absolute Gasteiger partial charge is 0.453 e. The van der Waals surface area contributed by atoms with Crippen LogP contribution in [0.15, 0.2) is 52.9 Å². The summed E-state index contributed by atoms with van der Waals surface area (Å²) < 4.78 is 7.05. The van der Waals surface area contributed by atoms with Crippen LogP contribution in [-0.4, -0.2) is 4.98 Å². The number of para-hydroxylation sites is 2. The first-order valence-electron chi connectivity index (χ1n) is 5.70. The Morgan fingerprint density at radius 2 is 1.61 bits per heavy atom. The molecule has 0 N–H and O–H groups in total. The van der Waals surface area contributed by atoms with E-state index in [9.17, 15) is 0 Å². The zero-order chi connectivity index (χ0) is 12.1. The number of hydrogen-bond donors (Lipinski definition) is 0. The molecular weight excluding hydrogens is 337 g/mol. The van der Waals surface area contributed by atoms with Crippen LogP contribution in [0.3, 0.4) is 0 Å². The number of hydrogen-bond acceptors (Lipinski definition) is 2. The van der Waals surface area contributed by atoms with Gasteiger partial charge in [0.2, 0.25) is 0 Å². The molecule has 0 aliphatic heterocycles. The van der Waals surface area contributed by atoms with Crippen molar-refractivity contribution in [1.82, 2.24) is 4.98 Å². The van der Waals surface area contributed by atoms with Gasteiger partial charge in [0, 0.05) is 10.8 Å². The number of fused-ring (bicyclic) bond motifs is 4. The van der Waals surface area contributed by atoms with E-state index in [0.29, 0.717) is 0 Å². The Morgan fingerprint density at radius 3 is 2.50 bits per heavy atom. The third-order valence-corrected chi connectivity index (χ3v) is 4.21. The molecule has 0 atom stereocenters. The van der Waals surface area contributed by atoms with Gasteiger partial charge in [-0.2, -0.15) is 0 Å². The van der Waals surface area contributed by atoms with E-state index in [1.165, 1.54) is 0 Å².